The molecule has 5 aromatic rings. The molecule has 17 nitrogen and oxygen atoms in total. The van der Waals surface area contributed by atoms with E-state index in [2.05, 4.69) is 47.4 Å². The SMILES string of the molecule is CC(=O)c1c(C)c2cnc(Nc3ccc(N4CCN(c5ccc(CN6CCC(O)(c7ccc8c(c7)CN(C7CCC(=O)NC7=O)C8=O)CC6)cn5)CC4)cn3)nc2n(C2CCCC2)c1=O. The van der Waals surface area contributed by atoms with Gasteiger partial charge in [0.2, 0.25) is 17.8 Å². The number of imide groups is 1. The van der Waals surface area contributed by atoms with E-state index in [1.807, 2.05) is 36.7 Å². The molecule has 1 saturated carbocycles. The average Bonchev–Trinajstić information content (AvgIpc) is 3.95. The predicted octanol–water partition coefficient (Wildman–Crippen LogP) is 4.52. The second-order valence-electron chi connectivity index (χ2n) is 18.2. The molecule has 1 aliphatic carbocycles. The number of carbonyl (C=O) groups excluding carboxylic acids is 4. The van der Waals surface area contributed by atoms with E-state index in [0.717, 1.165) is 86.6 Å². The number of fused-ring (bicyclic) bond motifs is 2. The molecule has 3 amide bonds. The molecule has 1 unspecified atom stereocenters. The highest BCUT2D eigenvalue weighted by molar-refractivity contribution is 6.05. The molecule has 4 fully saturated rings. The number of rotatable bonds is 10. The van der Waals surface area contributed by atoms with Gasteiger partial charge in [-0.1, -0.05) is 31.0 Å². The van der Waals surface area contributed by atoms with Crippen LogP contribution in [-0.4, -0.2) is 108 Å². The molecule has 0 spiro atoms. The lowest BCUT2D eigenvalue weighted by Gasteiger charge is -2.39. The number of aromatic nitrogens is 5. The summed E-state index contributed by atoms with van der Waals surface area (Å²) in [5.41, 5.74) is 4.30. The Morgan fingerprint density at radius 2 is 1.65 bits per heavy atom. The minimum Gasteiger partial charge on any atom is -0.385 e. The molecule has 0 bridgehead atoms. The van der Waals surface area contributed by atoms with Crippen LogP contribution in [0.1, 0.15) is 107 Å². The number of aryl methyl sites for hydroxylation is 1. The van der Waals surface area contributed by atoms with Gasteiger partial charge in [-0.25, -0.2) is 15.0 Å². The van der Waals surface area contributed by atoms with Crippen molar-refractivity contribution in [2.75, 3.05) is 54.4 Å². The van der Waals surface area contributed by atoms with Crippen molar-refractivity contribution >= 4 is 57.8 Å². The summed E-state index contributed by atoms with van der Waals surface area (Å²) < 4.78 is 1.71. The summed E-state index contributed by atoms with van der Waals surface area (Å²) in [5, 5.41) is 18.0. The fourth-order valence-electron chi connectivity index (χ4n) is 10.5. The molecule has 17 heteroatoms. The van der Waals surface area contributed by atoms with Gasteiger partial charge in [0.05, 0.1) is 23.0 Å². The van der Waals surface area contributed by atoms with E-state index >= 15 is 0 Å². The number of benzene rings is 1. The summed E-state index contributed by atoms with van der Waals surface area (Å²) >= 11 is 0. The smallest absolute Gasteiger partial charge is 0.263 e. The van der Waals surface area contributed by atoms with Crippen molar-refractivity contribution in [1.82, 2.24) is 39.6 Å². The number of piperazine rings is 1. The summed E-state index contributed by atoms with van der Waals surface area (Å²) in [6.07, 6.45) is 10.9. The van der Waals surface area contributed by atoms with E-state index in [4.69, 9.17) is 9.97 Å². The zero-order valence-corrected chi connectivity index (χ0v) is 36.8. The fraction of sp³-hybridized carbons (Fsp3) is 0.438. The molecule has 1 aromatic carbocycles. The lowest BCUT2D eigenvalue weighted by molar-refractivity contribution is -0.136. The Hall–Kier alpha value is -6.59. The molecule has 4 aromatic heterocycles. The normalized spacial score (nSPS) is 20.4. The predicted molar refractivity (Wildman–Crippen MR) is 243 cm³/mol. The van der Waals surface area contributed by atoms with Gasteiger partial charge in [-0.2, -0.15) is 4.98 Å². The second-order valence-corrected chi connectivity index (χ2v) is 18.2. The molecular formula is C48H53N11O6. The van der Waals surface area contributed by atoms with Crippen molar-refractivity contribution in [2.45, 2.75) is 96.0 Å². The number of likely N-dealkylation sites (tertiary alicyclic amines) is 1. The number of carbonyl (C=O) groups is 4. The monoisotopic (exact) mass is 879 g/mol. The quantitative estimate of drug-likeness (QED) is 0.131. The average molecular weight is 880 g/mol. The van der Waals surface area contributed by atoms with Gasteiger partial charge in [-0.15, -0.1) is 0 Å². The molecule has 10 rings (SSSR count). The zero-order chi connectivity index (χ0) is 45.0. The van der Waals surface area contributed by atoms with Gasteiger partial charge in [-0.3, -0.25) is 38.8 Å². The van der Waals surface area contributed by atoms with Crippen LogP contribution in [0.5, 0.6) is 0 Å². The largest absolute Gasteiger partial charge is 0.385 e. The molecular weight excluding hydrogens is 827 g/mol. The highest BCUT2D eigenvalue weighted by Crippen LogP contribution is 2.37. The minimum absolute atomic E-state index is 0.00214. The lowest BCUT2D eigenvalue weighted by atomic mass is 9.83. The number of nitrogens with zero attached hydrogens (tertiary/aromatic N) is 9. The Bertz CT molecular complexity index is 2750. The summed E-state index contributed by atoms with van der Waals surface area (Å²) in [4.78, 5) is 90.7. The summed E-state index contributed by atoms with van der Waals surface area (Å²) in [6.45, 7) is 8.87. The number of Topliss-reactive ketones (excluding diaryl/α,β-unsaturated/α-hetero) is 1. The number of ketones is 1. The Kier molecular flexibility index (Phi) is 11.1. The number of nitrogens with one attached hydrogen (secondary N) is 2. The number of piperidine rings is 2. The van der Waals surface area contributed by atoms with Crippen molar-refractivity contribution in [3.63, 3.8) is 0 Å². The first kappa shape index (κ1) is 42.4. The number of pyridine rings is 3. The van der Waals surface area contributed by atoms with Gasteiger partial charge < -0.3 is 25.1 Å². The Morgan fingerprint density at radius 3 is 2.34 bits per heavy atom. The van der Waals surface area contributed by atoms with Crippen molar-refractivity contribution in [3.05, 3.63) is 105 Å². The lowest BCUT2D eigenvalue weighted by Crippen LogP contribution is -2.52. The van der Waals surface area contributed by atoms with Crippen LogP contribution in [-0.2, 0) is 28.3 Å². The fourth-order valence-corrected chi connectivity index (χ4v) is 10.5. The van der Waals surface area contributed by atoms with Gasteiger partial charge in [0.25, 0.3) is 11.5 Å². The molecule has 8 heterocycles. The molecule has 3 saturated heterocycles. The van der Waals surface area contributed by atoms with Crippen molar-refractivity contribution in [2.24, 2.45) is 0 Å². The van der Waals surface area contributed by atoms with Crippen LogP contribution < -0.4 is 26.0 Å². The second kappa shape index (κ2) is 17.1. The van der Waals surface area contributed by atoms with Crippen molar-refractivity contribution in [1.29, 1.82) is 0 Å². The molecule has 3 N–H and O–H groups in total. The van der Waals surface area contributed by atoms with E-state index in [-0.39, 0.29) is 47.7 Å². The molecule has 65 heavy (non-hydrogen) atoms. The maximum Gasteiger partial charge on any atom is 0.263 e. The Balaban J connectivity index is 0.712. The van der Waals surface area contributed by atoms with Gasteiger partial charge in [0.1, 0.15) is 23.3 Å². The van der Waals surface area contributed by atoms with Crippen LogP contribution in [0, 0.1) is 6.92 Å². The molecule has 1 atom stereocenters. The first-order valence-electron chi connectivity index (χ1n) is 22.8. The zero-order valence-electron chi connectivity index (χ0n) is 36.8. The van der Waals surface area contributed by atoms with Crippen LogP contribution in [0.3, 0.4) is 0 Å². The summed E-state index contributed by atoms with van der Waals surface area (Å²) in [6, 6.07) is 13.0. The highest BCUT2D eigenvalue weighted by Gasteiger charge is 2.41. The van der Waals surface area contributed by atoms with Gasteiger partial charge in [-0.05, 0) is 92.5 Å². The Labute approximate surface area is 375 Å². The van der Waals surface area contributed by atoms with Crippen LogP contribution >= 0.6 is 0 Å². The van der Waals surface area contributed by atoms with Crippen LogP contribution in [0.25, 0.3) is 11.0 Å². The number of amides is 3. The van der Waals surface area contributed by atoms with E-state index < -0.39 is 17.6 Å². The van der Waals surface area contributed by atoms with Crippen molar-refractivity contribution in [3.8, 4) is 0 Å². The van der Waals surface area contributed by atoms with Gasteiger partial charge >= 0.3 is 0 Å². The van der Waals surface area contributed by atoms with E-state index in [1.54, 1.807) is 23.8 Å². The third-order valence-corrected chi connectivity index (χ3v) is 14.2. The third-order valence-electron chi connectivity index (χ3n) is 14.2. The number of aliphatic hydroxyl groups is 1. The van der Waals surface area contributed by atoms with Crippen LogP contribution in [0.2, 0.25) is 0 Å². The standard InChI is InChI=1S/C48H53N11O6/c1-29-37-26-51-47(54-43(37)59(34-5-3-4-6-34)46(64)42(29)30(2)60)52-39-12-9-35(25-49-39)56-19-21-57(22-20-56)40-13-7-31(24-50-40)27-55-17-15-48(65,16-18-55)33-8-10-36-32(23-33)28-58(45(36)63)38-11-14-41(61)53-44(38)62/h7-10,12-13,23-26,34,38,65H,3-6,11,14-22,27-28H2,1-2H3,(H,53,61,62)(H,49,51,52,54). The molecule has 5 aliphatic rings. The highest BCUT2D eigenvalue weighted by atomic mass is 16.3. The summed E-state index contributed by atoms with van der Waals surface area (Å²) in [5.74, 6) is 0.649. The first-order valence-corrected chi connectivity index (χ1v) is 22.8. The first-order chi connectivity index (χ1) is 31.4. The van der Waals surface area contributed by atoms with Gasteiger partial charge in [0.15, 0.2) is 5.78 Å². The number of hydrogen-bond donors (Lipinski definition) is 3. The minimum atomic E-state index is -1.02. The maximum absolute atomic E-state index is 13.6. The third kappa shape index (κ3) is 8.11. The number of hydrogen-bond acceptors (Lipinski definition) is 14. The van der Waals surface area contributed by atoms with E-state index in [9.17, 15) is 29.1 Å². The molecule has 0 radical (unpaired) electrons. The molecule has 336 valence electrons. The Morgan fingerprint density at radius 1 is 0.877 bits per heavy atom. The van der Waals surface area contributed by atoms with Crippen molar-refractivity contribution < 1.29 is 24.3 Å². The van der Waals surface area contributed by atoms with E-state index in [0.29, 0.717) is 66.3 Å². The summed E-state index contributed by atoms with van der Waals surface area (Å²) in [7, 11) is 0. The topological polar surface area (TPSA) is 199 Å². The van der Waals surface area contributed by atoms with Gasteiger partial charge in [0, 0.05) is 88.2 Å². The number of anilines is 4. The van der Waals surface area contributed by atoms with Crippen LogP contribution in [0.15, 0.2) is 65.8 Å². The molecule has 4 aliphatic heterocycles. The maximum atomic E-state index is 13.6. The van der Waals surface area contributed by atoms with E-state index in [1.165, 1.54) is 11.8 Å². The van der Waals surface area contributed by atoms with Crippen LogP contribution in [0.4, 0.5) is 23.3 Å².